The van der Waals surface area contributed by atoms with E-state index in [0.717, 1.165) is 0 Å². The summed E-state index contributed by atoms with van der Waals surface area (Å²) in [6, 6.07) is 4.54. The molecule has 0 aliphatic heterocycles. The van der Waals surface area contributed by atoms with Gasteiger partial charge in [0.1, 0.15) is 0 Å². The van der Waals surface area contributed by atoms with E-state index in [-0.39, 0.29) is 8.80 Å². The van der Waals surface area contributed by atoms with Gasteiger partial charge in [-0.2, -0.15) is 0 Å². The minimum atomic E-state index is -0.143. The predicted molar refractivity (Wildman–Crippen MR) is 92.4 cm³/mol. The highest BCUT2D eigenvalue weighted by atomic mass is 28.3. The van der Waals surface area contributed by atoms with Crippen molar-refractivity contribution in [1.82, 2.24) is 0 Å². The van der Waals surface area contributed by atoms with Crippen LogP contribution in [0.15, 0.2) is 0 Å². The molecule has 0 aromatic rings. The Morgan fingerprint density at radius 2 is 0.684 bits per heavy atom. The van der Waals surface area contributed by atoms with E-state index in [4.69, 9.17) is 0 Å². The van der Waals surface area contributed by atoms with Gasteiger partial charge < -0.3 is 0 Å². The summed E-state index contributed by atoms with van der Waals surface area (Å²) in [5.74, 6) is 0. The molecule has 0 atom stereocenters. The third-order valence-corrected chi connectivity index (χ3v) is 6.56. The van der Waals surface area contributed by atoms with Crippen LogP contribution < -0.4 is 0 Å². The fourth-order valence-corrected chi connectivity index (χ4v) is 6.09. The van der Waals surface area contributed by atoms with Gasteiger partial charge in [-0.15, -0.1) is 0 Å². The Bertz CT molecular complexity index is 191. The van der Waals surface area contributed by atoms with Gasteiger partial charge in [-0.05, 0) is 16.2 Å². The zero-order chi connectivity index (χ0) is 15.3. The van der Waals surface area contributed by atoms with Gasteiger partial charge in [0.25, 0.3) is 0 Å². The molecule has 1 heteroatoms. The highest BCUT2D eigenvalue weighted by Gasteiger charge is 2.21. The first-order valence-corrected chi connectivity index (χ1v) is 10.2. The van der Waals surface area contributed by atoms with Gasteiger partial charge in [0.15, 0.2) is 0 Å². The lowest BCUT2D eigenvalue weighted by Crippen LogP contribution is -2.21. The van der Waals surface area contributed by atoms with Crippen molar-refractivity contribution >= 4 is 8.80 Å². The van der Waals surface area contributed by atoms with Crippen molar-refractivity contribution in [1.29, 1.82) is 0 Å². The summed E-state index contributed by atoms with van der Waals surface area (Å²) in [5.41, 5.74) is 1.54. The first-order valence-electron chi connectivity index (χ1n) is 8.12. The van der Waals surface area contributed by atoms with E-state index >= 15 is 0 Å². The third kappa shape index (κ3) is 14.4. The van der Waals surface area contributed by atoms with E-state index in [0.29, 0.717) is 16.2 Å². The maximum absolute atomic E-state index is 2.39. The van der Waals surface area contributed by atoms with Gasteiger partial charge in [0, 0.05) is 8.80 Å². The monoisotopic (exact) mass is 283 g/mol. The van der Waals surface area contributed by atoms with Crippen LogP contribution in [0.25, 0.3) is 0 Å². The molecule has 0 aliphatic rings. The van der Waals surface area contributed by atoms with Gasteiger partial charge in [-0.1, -0.05) is 99.7 Å². The van der Waals surface area contributed by atoms with Crippen molar-refractivity contribution in [3.63, 3.8) is 0 Å². The van der Waals surface area contributed by atoms with Gasteiger partial charge in [0.2, 0.25) is 0 Å². The zero-order valence-corrected chi connectivity index (χ0v) is 16.2. The standard InChI is InChI=1S/C18H39Si/c1-16(2,3)10-13-19(14-11-17(4,5)6)15-12-18(7,8)9/h10-15H2,1-9H3. The molecule has 0 nitrogen and oxygen atoms in total. The van der Waals surface area contributed by atoms with Gasteiger partial charge in [-0.25, -0.2) is 0 Å². The van der Waals surface area contributed by atoms with Crippen LogP contribution in [-0.4, -0.2) is 8.80 Å². The van der Waals surface area contributed by atoms with Gasteiger partial charge in [-0.3, -0.25) is 0 Å². The van der Waals surface area contributed by atoms with E-state index in [1.807, 2.05) is 0 Å². The van der Waals surface area contributed by atoms with Gasteiger partial charge in [0.05, 0.1) is 0 Å². The maximum Gasteiger partial charge on any atom is 0.0479 e. The Hall–Kier alpha value is 0.217. The summed E-state index contributed by atoms with van der Waals surface area (Å²) in [7, 11) is -0.143. The molecular weight excluding hydrogens is 244 g/mol. The molecule has 0 N–H and O–H groups in total. The summed E-state index contributed by atoms with van der Waals surface area (Å²) < 4.78 is 0. The second kappa shape index (κ2) is 7.29. The van der Waals surface area contributed by atoms with Crippen LogP contribution in [0.2, 0.25) is 18.1 Å². The van der Waals surface area contributed by atoms with Crippen LogP contribution in [0.4, 0.5) is 0 Å². The highest BCUT2D eigenvalue weighted by molar-refractivity contribution is 6.58. The largest absolute Gasteiger partial charge is 0.0602 e. The van der Waals surface area contributed by atoms with E-state index in [1.54, 1.807) is 0 Å². The molecule has 19 heavy (non-hydrogen) atoms. The number of hydrogen-bond acceptors (Lipinski definition) is 0. The van der Waals surface area contributed by atoms with Crippen LogP contribution in [0, 0.1) is 16.2 Å². The molecule has 0 saturated heterocycles. The topological polar surface area (TPSA) is 0 Å². The molecule has 115 valence electrons. The van der Waals surface area contributed by atoms with E-state index in [9.17, 15) is 0 Å². The normalized spacial score (nSPS) is 14.2. The van der Waals surface area contributed by atoms with Crippen molar-refractivity contribution in [3.05, 3.63) is 0 Å². The Labute approximate surface area is 125 Å². The average molecular weight is 284 g/mol. The fourth-order valence-electron chi connectivity index (χ4n) is 2.03. The Morgan fingerprint density at radius 1 is 0.474 bits per heavy atom. The first kappa shape index (κ1) is 19.2. The van der Waals surface area contributed by atoms with Crippen LogP contribution in [0.1, 0.15) is 81.6 Å². The molecule has 0 heterocycles. The molecule has 0 unspecified atom stereocenters. The number of rotatable bonds is 6. The van der Waals surface area contributed by atoms with Crippen molar-refractivity contribution in [2.75, 3.05) is 0 Å². The predicted octanol–water partition coefficient (Wildman–Crippen LogP) is 6.79. The van der Waals surface area contributed by atoms with Crippen molar-refractivity contribution in [2.45, 2.75) is 99.7 Å². The summed E-state index contributed by atoms with van der Waals surface area (Å²) in [4.78, 5) is 0. The van der Waals surface area contributed by atoms with E-state index in [2.05, 4.69) is 62.3 Å². The molecule has 1 radical (unpaired) electrons. The van der Waals surface area contributed by atoms with E-state index < -0.39 is 0 Å². The van der Waals surface area contributed by atoms with Crippen LogP contribution >= 0.6 is 0 Å². The molecule has 0 rings (SSSR count). The quantitative estimate of drug-likeness (QED) is 0.471. The van der Waals surface area contributed by atoms with Crippen LogP contribution in [0.5, 0.6) is 0 Å². The van der Waals surface area contributed by atoms with Crippen molar-refractivity contribution in [3.8, 4) is 0 Å². The van der Waals surface area contributed by atoms with Crippen LogP contribution in [0.3, 0.4) is 0 Å². The molecule has 0 saturated carbocycles. The molecule has 0 aromatic heterocycles. The third-order valence-electron chi connectivity index (χ3n) is 3.69. The van der Waals surface area contributed by atoms with Crippen molar-refractivity contribution < 1.29 is 0 Å². The SMILES string of the molecule is CC(C)(C)CC[Si](CCC(C)(C)C)CCC(C)(C)C. The summed E-state index contributed by atoms with van der Waals surface area (Å²) in [6.07, 6.45) is 4.24. The second-order valence-electron chi connectivity index (χ2n) is 9.93. The highest BCUT2D eigenvalue weighted by Crippen LogP contribution is 2.31. The lowest BCUT2D eigenvalue weighted by Gasteiger charge is -2.27. The molecular formula is C18H39Si. The van der Waals surface area contributed by atoms with E-state index in [1.165, 1.54) is 37.4 Å². The Kier molecular flexibility index (Phi) is 7.37. The first-order chi connectivity index (χ1) is 8.29. The lowest BCUT2D eigenvalue weighted by atomic mass is 9.93. The average Bonchev–Trinajstić information content (AvgIpc) is 2.11. The number of hydrogen-bond donors (Lipinski definition) is 0. The molecule has 0 bridgehead atoms. The Balaban J connectivity index is 4.30. The van der Waals surface area contributed by atoms with Crippen molar-refractivity contribution in [2.24, 2.45) is 16.2 Å². The minimum absolute atomic E-state index is 0.143. The maximum atomic E-state index is 2.39. The molecule has 0 amide bonds. The van der Waals surface area contributed by atoms with Gasteiger partial charge >= 0.3 is 0 Å². The lowest BCUT2D eigenvalue weighted by molar-refractivity contribution is 0.380. The molecule has 0 spiro atoms. The minimum Gasteiger partial charge on any atom is -0.0602 e. The fraction of sp³-hybridized carbons (Fsp3) is 1.00. The van der Waals surface area contributed by atoms with Crippen LogP contribution in [-0.2, 0) is 0 Å². The summed E-state index contributed by atoms with van der Waals surface area (Å²) in [5, 5.41) is 0. The summed E-state index contributed by atoms with van der Waals surface area (Å²) in [6.45, 7) is 21.5. The molecule has 0 aliphatic carbocycles. The molecule has 0 fully saturated rings. The second-order valence-corrected chi connectivity index (χ2v) is 12.9. The summed E-state index contributed by atoms with van der Waals surface area (Å²) >= 11 is 0. The zero-order valence-electron chi connectivity index (χ0n) is 15.2. The molecule has 0 aromatic carbocycles. The smallest absolute Gasteiger partial charge is 0.0479 e. The Morgan fingerprint density at radius 3 is 0.842 bits per heavy atom.